The molecule has 0 saturated carbocycles. The average molecular weight is 244 g/mol. The van der Waals surface area contributed by atoms with Crippen LogP contribution in [-0.2, 0) is 0 Å². The molecule has 0 heterocycles. The second kappa shape index (κ2) is 5.45. The summed E-state index contributed by atoms with van der Waals surface area (Å²) in [6.45, 7) is 2.58. The van der Waals surface area contributed by atoms with Crippen molar-refractivity contribution in [3.63, 3.8) is 0 Å². The van der Waals surface area contributed by atoms with Gasteiger partial charge in [-0.15, -0.1) is 0 Å². The maximum atomic E-state index is 9.65. The van der Waals surface area contributed by atoms with E-state index >= 15 is 0 Å². The molecule has 94 valence electrons. The van der Waals surface area contributed by atoms with Gasteiger partial charge in [-0.3, -0.25) is 0 Å². The fraction of sp³-hybridized carbons (Fsp3) is 0.200. The van der Waals surface area contributed by atoms with Gasteiger partial charge in [-0.1, -0.05) is 12.1 Å². The molecule has 1 N–H and O–H groups in total. The van der Waals surface area contributed by atoms with Crippen LogP contribution in [0.25, 0.3) is 11.1 Å². The molecule has 0 fully saturated rings. The molecule has 0 bridgehead atoms. The number of hydrogen-bond donors (Lipinski definition) is 1. The van der Waals surface area contributed by atoms with E-state index in [9.17, 15) is 5.11 Å². The van der Waals surface area contributed by atoms with Crippen molar-refractivity contribution in [2.45, 2.75) is 6.92 Å². The van der Waals surface area contributed by atoms with E-state index in [-0.39, 0.29) is 5.75 Å². The minimum Gasteiger partial charge on any atom is -0.508 e. The lowest BCUT2D eigenvalue weighted by Crippen LogP contribution is -1.91. The third-order valence-electron chi connectivity index (χ3n) is 2.61. The molecule has 0 aliphatic carbocycles. The molecule has 3 heteroatoms. The summed E-state index contributed by atoms with van der Waals surface area (Å²) in [4.78, 5) is 0. The molecule has 3 nitrogen and oxygen atoms in total. The molecule has 2 aromatic carbocycles. The van der Waals surface area contributed by atoms with Crippen molar-refractivity contribution < 1.29 is 14.6 Å². The van der Waals surface area contributed by atoms with E-state index in [0.717, 1.165) is 16.9 Å². The quantitative estimate of drug-likeness (QED) is 0.895. The SMILES string of the molecule is CCOc1cccc(-c2cc(O)cc(OC)c2)c1. The summed E-state index contributed by atoms with van der Waals surface area (Å²) in [6, 6.07) is 12.9. The molecule has 2 rings (SSSR count). The second-order valence-corrected chi connectivity index (χ2v) is 3.88. The van der Waals surface area contributed by atoms with Crippen LogP contribution in [0.5, 0.6) is 17.2 Å². The van der Waals surface area contributed by atoms with Gasteiger partial charge in [0, 0.05) is 6.07 Å². The van der Waals surface area contributed by atoms with Crippen LogP contribution in [0.4, 0.5) is 0 Å². The highest BCUT2D eigenvalue weighted by atomic mass is 16.5. The van der Waals surface area contributed by atoms with Gasteiger partial charge < -0.3 is 14.6 Å². The van der Waals surface area contributed by atoms with Crippen LogP contribution < -0.4 is 9.47 Å². The van der Waals surface area contributed by atoms with E-state index in [1.807, 2.05) is 37.3 Å². The summed E-state index contributed by atoms with van der Waals surface area (Å²) in [7, 11) is 1.58. The zero-order chi connectivity index (χ0) is 13.0. The maximum Gasteiger partial charge on any atom is 0.123 e. The van der Waals surface area contributed by atoms with Crippen LogP contribution in [0, 0.1) is 0 Å². The predicted octanol–water partition coefficient (Wildman–Crippen LogP) is 3.47. The largest absolute Gasteiger partial charge is 0.508 e. The lowest BCUT2D eigenvalue weighted by molar-refractivity contribution is 0.340. The molecular weight excluding hydrogens is 228 g/mol. The molecule has 0 aliphatic heterocycles. The number of rotatable bonds is 4. The van der Waals surface area contributed by atoms with E-state index in [2.05, 4.69) is 0 Å². The Kier molecular flexibility index (Phi) is 3.72. The number of phenolic OH excluding ortho intramolecular Hbond substituents is 1. The Bertz CT molecular complexity index is 535. The Hall–Kier alpha value is -2.16. The highest BCUT2D eigenvalue weighted by Crippen LogP contribution is 2.30. The van der Waals surface area contributed by atoms with Crippen molar-refractivity contribution in [1.29, 1.82) is 0 Å². The van der Waals surface area contributed by atoms with Crippen molar-refractivity contribution in [3.8, 4) is 28.4 Å². The van der Waals surface area contributed by atoms with Gasteiger partial charge in [0.1, 0.15) is 17.2 Å². The topological polar surface area (TPSA) is 38.7 Å². The molecular formula is C15H16O3. The standard InChI is InChI=1S/C15H16O3/c1-3-18-14-6-4-5-11(8-14)12-7-13(16)10-15(9-12)17-2/h4-10,16H,3H2,1-2H3. The normalized spacial score (nSPS) is 10.1. The predicted molar refractivity (Wildman–Crippen MR) is 71.3 cm³/mol. The molecule has 0 amide bonds. The zero-order valence-corrected chi connectivity index (χ0v) is 10.5. The summed E-state index contributed by atoms with van der Waals surface area (Å²) < 4.78 is 10.6. The second-order valence-electron chi connectivity index (χ2n) is 3.88. The fourth-order valence-corrected chi connectivity index (χ4v) is 1.80. The Morgan fingerprint density at radius 1 is 1.00 bits per heavy atom. The average Bonchev–Trinajstić information content (AvgIpc) is 2.39. The van der Waals surface area contributed by atoms with Crippen LogP contribution in [-0.4, -0.2) is 18.8 Å². The first-order valence-electron chi connectivity index (χ1n) is 5.84. The third-order valence-corrected chi connectivity index (χ3v) is 2.61. The van der Waals surface area contributed by atoms with Gasteiger partial charge >= 0.3 is 0 Å². The summed E-state index contributed by atoms with van der Waals surface area (Å²) in [5.41, 5.74) is 1.88. The van der Waals surface area contributed by atoms with Crippen molar-refractivity contribution in [3.05, 3.63) is 42.5 Å². The van der Waals surface area contributed by atoms with Gasteiger partial charge in [-0.05, 0) is 42.3 Å². The number of aromatic hydroxyl groups is 1. The minimum atomic E-state index is 0.186. The third kappa shape index (κ3) is 2.74. The van der Waals surface area contributed by atoms with Crippen LogP contribution in [0.3, 0.4) is 0 Å². The monoisotopic (exact) mass is 244 g/mol. The van der Waals surface area contributed by atoms with Gasteiger partial charge in [0.15, 0.2) is 0 Å². The molecule has 0 aliphatic rings. The van der Waals surface area contributed by atoms with Gasteiger partial charge in [-0.25, -0.2) is 0 Å². The zero-order valence-electron chi connectivity index (χ0n) is 10.5. The Labute approximate surface area is 107 Å². The van der Waals surface area contributed by atoms with E-state index in [1.165, 1.54) is 0 Å². The molecule has 18 heavy (non-hydrogen) atoms. The lowest BCUT2D eigenvalue weighted by atomic mass is 10.0. The van der Waals surface area contributed by atoms with Crippen molar-refractivity contribution in [1.82, 2.24) is 0 Å². The first kappa shape index (κ1) is 12.3. The Morgan fingerprint density at radius 2 is 1.78 bits per heavy atom. The van der Waals surface area contributed by atoms with Crippen LogP contribution >= 0.6 is 0 Å². The lowest BCUT2D eigenvalue weighted by Gasteiger charge is -2.08. The highest BCUT2D eigenvalue weighted by Gasteiger charge is 2.04. The Balaban J connectivity index is 2.41. The molecule has 0 saturated heterocycles. The summed E-state index contributed by atoms with van der Waals surface area (Å²) in [6.07, 6.45) is 0. The van der Waals surface area contributed by atoms with Gasteiger partial charge in [0.25, 0.3) is 0 Å². The molecule has 0 radical (unpaired) electrons. The Morgan fingerprint density at radius 3 is 2.50 bits per heavy atom. The first-order valence-corrected chi connectivity index (χ1v) is 5.84. The summed E-state index contributed by atoms with van der Waals surface area (Å²) in [5.74, 6) is 1.63. The molecule has 2 aromatic rings. The summed E-state index contributed by atoms with van der Waals surface area (Å²) in [5, 5.41) is 9.65. The van der Waals surface area contributed by atoms with E-state index in [1.54, 1.807) is 19.2 Å². The fourth-order valence-electron chi connectivity index (χ4n) is 1.80. The number of methoxy groups -OCH3 is 1. The minimum absolute atomic E-state index is 0.186. The van der Waals surface area contributed by atoms with E-state index in [0.29, 0.717) is 12.4 Å². The van der Waals surface area contributed by atoms with E-state index in [4.69, 9.17) is 9.47 Å². The van der Waals surface area contributed by atoms with E-state index < -0.39 is 0 Å². The maximum absolute atomic E-state index is 9.65. The first-order chi connectivity index (χ1) is 8.72. The molecule has 0 atom stereocenters. The van der Waals surface area contributed by atoms with Crippen LogP contribution in [0.15, 0.2) is 42.5 Å². The number of benzene rings is 2. The smallest absolute Gasteiger partial charge is 0.123 e. The number of hydrogen-bond acceptors (Lipinski definition) is 3. The van der Waals surface area contributed by atoms with Gasteiger partial charge in [0.05, 0.1) is 13.7 Å². The van der Waals surface area contributed by atoms with Crippen molar-refractivity contribution in [2.24, 2.45) is 0 Å². The highest BCUT2D eigenvalue weighted by molar-refractivity contribution is 5.68. The van der Waals surface area contributed by atoms with Crippen LogP contribution in [0.2, 0.25) is 0 Å². The molecule has 0 aromatic heterocycles. The number of phenols is 1. The van der Waals surface area contributed by atoms with Gasteiger partial charge in [-0.2, -0.15) is 0 Å². The summed E-state index contributed by atoms with van der Waals surface area (Å²) >= 11 is 0. The molecule has 0 spiro atoms. The van der Waals surface area contributed by atoms with Crippen molar-refractivity contribution >= 4 is 0 Å². The van der Waals surface area contributed by atoms with Gasteiger partial charge in [0.2, 0.25) is 0 Å². The van der Waals surface area contributed by atoms with Crippen molar-refractivity contribution in [2.75, 3.05) is 13.7 Å². The molecule has 0 unspecified atom stereocenters. The number of ether oxygens (including phenoxy) is 2. The van der Waals surface area contributed by atoms with Crippen LogP contribution in [0.1, 0.15) is 6.92 Å².